The van der Waals surface area contributed by atoms with Crippen molar-refractivity contribution in [1.82, 2.24) is 4.57 Å². The maximum absolute atomic E-state index is 6.76. The van der Waals surface area contributed by atoms with Crippen molar-refractivity contribution in [3.8, 4) is 16.9 Å². The van der Waals surface area contributed by atoms with Crippen LogP contribution in [0.5, 0.6) is 5.75 Å². The van der Waals surface area contributed by atoms with Crippen LogP contribution < -0.4 is 4.74 Å². The third-order valence-corrected chi connectivity index (χ3v) is 12.0. The van der Waals surface area contributed by atoms with E-state index in [1.807, 2.05) is 18.2 Å². The summed E-state index contributed by atoms with van der Waals surface area (Å²) < 4.78 is 18.1. The number of rotatable bonds is 3. The summed E-state index contributed by atoms with van der Waals surface area (Å²) in [5, 5.41) is 9.80. The Morgan fingerprint density at radius 2 is 1.35 bits per heavy atom. The van der Waals surface area contributed by atoms with Gasteiger partial charge in [-0.25, -0.2) is 4.99 Å². The number of allylic oxidation sites excluding steroid dienone is 2. The van der Waals surface area contributed by atoms with E-state index in [9.17, 15) is 0 Å². The molecule has 0 unspecified atom stereocenters. The molecular formula is C46H26N2O2S. The summed E-state index contributed by atoms with van der Waals surface area (Å²) in [4.78, 5) is 5.28. The monoisotopic (exact) mass is 670 g/mol. The summed E-state index contributed by atoms with van der Waals surface area (Å²) in [6.45, 7) is 6.64. The smallest absolute Gasteiger partial charge is 0.173 e. The van der Waals surface area contributed by atoms with Crippen LogP contribution in [0.1, 0.15) is 18.1 Å². The number of hydrogen-bond acceptors (Lipinski definition) is 4. The number of furan rings is 1. The average molecular weight is 671 g/mol. The number of aliphatic imine (C=N–C) groups is 1. The van der Waals surface area contributed by atoms with Crippen LogP contribution in [0.3, 0.4) is 0 Å². The van der Waals surface area contributed by atoms with Gasteiger partial charge in [-0.05, 0) is 77.4 Å². The topological polar surface area (TPSA) is 39.7 Å². The fourth-order valence-corrected chi connectivity index (χ4v) is 9.83. The van der Waals surface area contributed by atoms with Crippen molar-refractivity contribution in [2.45, 2.75) is 6.92 Å². The molecule has 4 heterocycles. The summed E-state index contributed by atoms with van der Waals surface area (Å²) in [5.74, 6) is 1.52. The normalized spacial score (nSPS) is 15.3. The fourth-order valence-electron chi connectivity index (χ4n) is 8.68. The zero-order valence-electron chi connectivity index (χ0n) is 27.5. The second-order valence-corrected chi connectivity index (χ2v) is 14.6. The van der Waals surface area contributed by atoms with Gasteiger partial charge in [-0.2, -0.15) is 0 Å². The van der Waals surface area contributed by atoms with E-state index < -0.39 is 0 Å². The van der Waals surface area contributed by atoms with Gasteiger partial charge in [0.1, 0.15) is 22.6 Å². The first kappa shape index (κ1) is 27.4. The van der Waals surface area contributed by atoms with Crippen molar-refractivity contribution >= 4 is 103 Å². The third kappa shape index (κ3) is 3.50. The van der Waals surface area contributed by atoms with E-state index >= 15 is 0 Å². The van der Waals surface area contributed by atoms with Crippen LogP contribution in [-0.2, 0) is 0 Å². The number of hydrogen-bond donors (Lipinski definition) is 0. The zero-order chi connectivity index (χ0) is 33.5. The molecule has 5 heteroatoms. The highest BCUT2D eigenvalue weighted by atomic mass is 32.1. The molecule has 0 radical (unpaired) electrons. The van der Waals surface area contributed by atoms with Crippen LogP contribution >= 0.6 is 11.3 Å². The van der Waals surface area contributed by atoms with Gasteiger partial charge in [0, 0.05) is 52.8 Å². The molecule has 3 aromatic heterocycles. The van der Waals surface area contributed by atoms with Crippen LogP contribution in [0.4, 0.5) is 0 Å². The minimum atomic E-state index is 0.696. The summed E-state index contributed by atoms with van der Waals surface area (Å²) >= 11 is 1.80. The van der Waals surface area contributed by atoms with Gasteiger partial charge < -0.3 is 13.7 Å². The molecule has 0 saturated heterocycles. The maximum Gasteiger partial charge on any atom is 0.173 e. The predicted molar refractivity (Wildman–Crippen MR) is 214 cm³/mol. The van der Waals surface area contributed by atoms with Gasteiger partial charge >= 0.3 is 0 Å². The highest BCUT2D eigenvalue weighted by Gasteiger charge is 2.31. The van der Waals surface area contributed by atoms with Crippen molar-refractivity contribution in [3.63, 3.8) is 0 Å². The molecule has 7 aromatic carbocycles. The summed E-state index contributed by atoms with van der Waals surface area (Å²) in [6, 6.07) is 45.1. The lowest BCUT2D eigenvalue weighted by Crippen LogP contribution is -2.08. The number of fused-ring (bicyclic) bond motifs is 5. The SMILES string of the molecule is C=C(N=C1/C(=C(\C)n2c3ccc4cccc5c4c3c3c4c(ccc32)oc2cccc-5c24)Oc2ccccc21)c1ccc2c(c1)sc1ccccc12. The molecule has 0 saturated carbocycles. The maximum atomic E-state index is 6.76. The van der Waals surface area contributed by atoms with Crippen molar-refractivity contribution < 1.29 is 9.15 Å². The molecule has 2 aliphatic rings. The number of thiophene rings is 1. The number of nitrogens with zero attached hydrogens (tertiary/aromatic N) is 2. The molecular weight excluding hydrogens is 645 g/mol. The quantitative estimate of drug-likeness (QED) is 0.188. The summed E-state index contributed by atoms with van der Waals surface area (Å²) in [6.07, 6.45) is 0. The number of para-hydroxylation sites is 1. The van der Waals surface area contributed by atoms with E-state index in [4.69, 9.17) is 14.1 Å². The minimum Gasteiger partial charge on any atom is -0.456 e. The molecule has 0 fully saturated rings. The molecule has 0 atom stereocenters. The minimum absolute atomic E-state index is 0.696. The van der Waals surface area contributed by atoms with Crippen LogP contribution in [-0.4, -0.2) is 10.3 Å². The Labute approximate surface area is 295 Å². The van der Waals surface area contributed by atoms with Gasteiger partial charge in [0.25, 0.3) is 0 Å². The van der Waals surface area contributed by atoms with Crippen molar-refractivity contribution in [1.29, 1.82) is 0 Å². The zero-order valence-corrected chi connectivity index (χ0v) is 28.3. The Bertz CT molecular complexity index is 3310. The van der Waals surface area contributed by atoms with Crippen LogP contribution in [0.2, 0.25) is 0 Å². The first-order valence-corrected chi connectivity index (χ1v) is 18.0. The Balaban J connectivity index is 1.13. The number of ether oxygens (including phenoxy) is 1. The number of benzene rings is 7. The lowest BCUT2D eigenvalue weighted by molar-refractivity contribution is 0.468. The summed E-state index contributed by atoms with van der Waals surface area (Å²) in [5.41, 5.74) is 10.9. The first-order chi connectivity index (χ1) is 25.1. The molecule has 1 aliphatic carbocycles. The third-order valence-electron chi connectivity index (χ3n) is 10.9. The molecule has 238 valence electrons. The van der Waals surface area contributed by atoms with Crippen molar-refractivity contribution in [3.05, 3.63) is 151 Å². The van der Waals surface area contributed by atoms with Crippen LogP contribution in [0.25, 0.3) is 97.2 Å². The molecule has 51 heavy (non-hydrogen) atoms. The molecule has 1 aliphatic heterocycles. The highest BCUT2D eigenvalue weighted by Crippen LogP contribution is 2.51. The van der Waals surface area contributed by atoms with Crippen LogP contribution in [0, 0.1) is 0 Å². The average Bonchev–Trinajstić information content (AvgIpc) is 3.90. The molecule has 0 spiro atoms. The van der Waals surface area contributed by atoms with E-state index in [2.05, 4.69) is 127 Å². The van der Waals surface area contributed by atoms with Gasteiger partial charge in [-0.15, -0.1) is 11.3 Å². The summed E-state index contributed by atoms with van der Waals surface area (Å²) in [7, 11) is 0. The van der Waals surface area contributed by atoms with E-state index in [-0.39, 0.29) is 0 Å². The Hall–Kier alpha value is -6.43. The highest BCUT2D eigenvalue weighted by molar-refractivity contribution is 7.25. The second-order valence-electron chi connectivity index (χ2n) is 13.5. The van der Waals surface area contributed by atoms with Gasteiger partial charge in [-0.3, -0.25) is 0 Å². The predicted octanol–water partition coefficient (Wildman–Crippen LogP) is 12.9. The van der Waals surface area contributed by atoms with Gasteiger partial charge in [0.15, 0.2) is 5.76 Å². The molecule has 10 aromatic rings. The molecule has 0 bridgehead atoms. The van der Waals surface area contributed by atoms with Crippen molar-refractivity contribution in [2.24, 2.45) is 4.99 Å². The molecule has 12 rings (SSSR count). The van der Waals surface area contributed by atoms with E-state index in [0.717, 1.165) is 61.6 Å². The molecule has 0 amide bonds. The first-order valence-electron chi connectivity index (χ1n) is 17.1. The fraction of sp³-hybridized carbons (Fsp3) is 0.0217. The second kappa shape index (κ2) is 9.63. The standard InChI is InChI=1S/C46H26N2O2S/c1-24(27-17-19-29-28-10-4-6-16-38(28)51-39(29)23-27)47-45-32-11-3-5-14-35(32)50-46(45)25(2)48-33-20-18-26-9-7-12-30-31-13-8-15-36-41(31)44-37(49-36)22-21-34(48)43(44)42(33)40(26)30/h3-23H,1H2,2H3/b46-25-,47-45?. The van der Waals surface area contributed by atoms with Gasteiger partial charge in [-0.1, -0.05) is 85.4 Å². The lowest BCUT2D eigenvalue weighted by atomic mass is 9.95. The van der Waals surface area contributed by atoms with Crippen LogP contribution in [0.15, 0.2) is 149 Å². The Morgan fingerprint density at radius 1 is 0.627 bits per heavy atom. The van der Waals surface area contributed by atoms with E-state index in [1.165, 1.54) is 58.2 Å². The number of aromatic nitrogens is 1. The Kier molecular flexibility index (Phi) is 5.17. The van der Waals surface area contributed by atoms with E-state index in [0.29, 0.717) is 5.70 Å². The Morgan fingerprint density at radius 3 is 2.27 bits per heavy atom. The van der Waals surface area contributed by atoms with Gasteiger partial charge in [0.2, 0.25) is 0 Å². The molecule has 0 N–H and O–H groups in total. The molecule has 4 nitrogen and oxygen atoms in total. The largest absolute Gasteiger partial charge is 0.456 e. The lowest BCUT2D eigenvalue weighted by Gasteiger charge is -2.14. The van der Waals surface area contributed by atoms with E-state index in [1.54, 1.807) is 11.3 Å². The van der Waals surface area contributed by atoms with Gasteiger partial charge in [0.05, 0.1) is 22.4 Å². The van der Waals surface area contributed by atoms with Crippen molar-refractivity contribution in [2.75, 3.05) is 0 Å².